The normalized spacial score (nSPS) is 11.4. The SMILES string of the molecule is CC(C)(C)n1cnc2c(OCCc3ccc([N+](=O)[O-])cc3)nc(OCCc3ccc([N+](=O)[O-])cc3)nc21. The third-order valence-corrected chi connectivity index (χ3v) is 5.61. The zero-order valence-electron chi connectivity index (χ0n) is 20.7. The average Bonchev–Trinajstić information content (AvgIpc) is 3.30. The molecule has 0 saturated carbocycles. The molecule has 12 heteroatoms. The van der Waals surface area contributed by atoms with Crippen molar-refractivity contribution in [2.45, 2.75) is 39.2 Å². The number of rotatable bonds is 10. The second-order valence-corrected chi connectivity index (χ2v) is 9.31. The van der Waals surface area contributed by atoms with Gasteiger partial charge in [-0.05, 0) is 31.9 Å². The van der Waals surface area contributed by atoms with Gasteiger partial charge in [-0.25, -0.2) is 4.98 Å². The van der Waals surface area contributed by atoms with E-state index in [1.807, 2.05) is 25.3 Å². The van der Waals surface area contributed by atoms with Crippen molar-refractivity contribution in [3.05, 3.63) is 86.2 Å². The second-order valence-electron chi connectivity index (χ2n) is 9.31. The Balaban J connectivity index is 1.49. The lowest BCUT2D eigenvalue weighted by Gasteiger charge is -2.21. The number of benzene rings is 2. The van der Waals surface area contributed by atoms with Crippen LogP contribution in [0.5, 0.6) is 11.9 Å². The molecule has 4 rings (SSSR count). The molecule has 37 heavy (non-hydrogen) atoms. The minimum absolute atomic E-state index is 0.0319. The Kier molecular flexibility index (Phi) is 7.27. The summed E-state index contributed by atoms with van der Waals surface area (Å²) in [5.74, 6) is 0.278. The Labute approximate surface area is 212 Å². The van der Waals surface area contributed by atoms with E-state index in [2.05, 4.69) is 15.0 Å². The van der Waals surface area contributed by atoms with E-state index >= 15 is 0 Å². The van der Waals surface area contributed by atoms with Crippen LogP contribution in [0.3, 0.4) is 0 Å². The molecule has 0 radical (unpaired) electrons. The van der Waals surface area contributed by atoms with Gasteiger partial charge in [0, 0.05) is 42.6 Å². The maximum absolute atomic E-state index is 10.9. The number of ether oxygens (including phenoxy) is 2. The first-order valence-electron chi connectivity index (χ1n) is 11.6. The van der Waals surface area contributed by atoms with E-state index in [0.29, 0.717) is 24.0 Å². The van der Waals surface area contributed by atoms with E-state index in [-0.39, 0.29) is 42.0 Å². The molecule has 0 fully saturated rings. The van der Waals surface area contributed by atoms with Crippen LogP contribution in [0.4, 0.5) is 11.4 Å². The molecule has 2 aromatic carbocycles. The highest BCUT2D eigenvalue weighted by Crippen LogP contribution is 2.28. The van der Waals surface area contributed by atoms with Crippen LogP contribution in [0.25, 0.3) is 11.2 Å². The van der Waals surface area contributed by atoms with Crippen LogP contribution in [0.2, 0.25) is 0 Å². The third-order valence-electron chi connectivity index (χ3n) is 5.61. The highest BCUT2D eigenvalue weighted by atomic mass is 16.6. The summed E-state index contributed by atoms with van der Waals surface area (Å²) in [5, 5.41) is 21.7. The maximum atomic E-state index is 10.9. The van der Waals surface area contributed by atoms with Crippen molar-refractivity contribution >= 4 is 22.5 Å². The fourth-order valence-electron chi connectivity index (χ4n) is 3.61. The summed E-state index contributed by atoms with van der Waals surface area (Å²) in [7, 11) is 0. The van der Waals surface area contributed by atoms with Gasteiger partial charge >= 0.3 is 6.01 Å². The number of nitrogens with zero attached hydrogens (tertiary/aromatic N) is 6. The smallest absolute Gasteiger partial charge is 0.321 e. The van der Waals surface area contributed by atoms with E-state index in [4.69, 9.17) is 9.47 Å². The van der Waals surface area contributed by atoms with Gasteiger partial charge < -0.3 is 14.0 Å². The number of nitro benzene ring substituents is 2. The molecule has 0 N–H and O–H groups in total. The predicted molar refractivity (Wildman–Crippen MR) is 135 cm³/mol. The number of nitro groups is 2. The van der Waals surface area contributed by atoms with Crippen LogP contribution in [0.15, 0.2) is 54.9 Å². The van der Waals surface area contributed by atoms with Gasteiger partial charge in [-0.3, -0.25) is 20.2 Å². The highest BCUT2D eigenvalue weighted by Gasteiger charge is 2.22. The molecule has 0 bridgehead atoms. The molecule has 2 aromatic heterocycles. The summed E-state index contributed by atoms with van der Waals surface area (Å²) in [5.41, 5.74) is 2.60. The van der Waals surface area contributed by atoms with Crippen molar-refractivity contribution in [1.82, 2.24) is 19.5 Å². The third kappa shape index (κ3) is 6.15. The summed E-state index contributed by atoms with van der Waals surface area (Å²) in [6, 6.07) is 12.7. The van der Waals surface area contributed by atoms with Crippen LogP contribution in [0, 0.1) is 20.2 Å². The fraction of sp³-hybridized carbons (Fsp3) is 0.320. The van der Waals surface area contributed by atoms with E-state index in [0.717, 1.165) is 11.1 Å². The average molecular weight is 507 g/mol. The highest BCUT2D eigenvalue weighted by molar-refractivity contribution is 5.77. The Morgan fingerprint density at radius 1 is 0.811 bits per heavy atom. The molecule has 0 atom stereocenters. The molecule has 0 aliphatic heterocycles. The van der Waals surface area contributed by atoms with Crippen molar-refractivity contribution in [1.29, 1.82) is 0 Å². The Hall–Kier alpha value is -4.61. The van der Waals surface area contributed by atoms with Gasteiger partial charge in [-0.15, -0.1) is 0 Å². The number of imidazole rings is 1. The monoisotopic (exact) mass is 506 g/mol. The molecule has 192 valence electrons. The predicted octanol–water partition coefficient (Wildman–Crippen LogP) is 4.64. The number of hydrogen-bond donors (Lipinski definition) is 0. The van der Waals surface area contributed by atoms with Gasteiger partial charge in [0.1, 0.15) is 0 Å². The maximum Gasteiger partial charge on any atom is 0.321 e. The van der Waals surface area contributed by atoms with E-state index in [1.54, 1.807) is 30.6 Å². The fourth-order valence-corrected chi connectivity index (χ4v) is 3.61. The molecule has 4 aromatic rings. The molecule has 0 saturated heterocycles. The van der Waals surface area contributed by atoms with Crippen molar-refractivity contribution < 1.29 is 19.3 Å². The van der Waals surface area contributed by atoms with Crippen molar-refractivity contribution in [3.8, 4) is 11.9 Å². The minimum Gasteiger partial charge on any atom is -0.476 e. The molecular formula is C25H26N6O6. The molecule has 0 aliphatic carbocycles. The van der Waals surface area contributed by atoms with Gasteiger partial charge in [0.2, 0.25) is 5.88 Å². The van der Waals surface area contributed by atoms with Crippen LogP contribution >= 0.6 is 0 Å². The summed E-state index contributed by atoms with van der Waals surface area (Å²) in [6.07, 6.45) is 2.71. The molecule has 12 nitrogen and oxygen atoms in total. The van der Waals surface area contributed by atoms with E-state index < -0.39 is 9.85 Å². The second kappa shape index (κ2) is 10.6. The van der Waals surface area contributed by atoms with Gasteiger partial charge in [-0.1, -0.05) is 24.3 Å². The summed E-state index contributed by atoms with van der Waals surface area (Å²) < 4.78 is 13.7. The lowest BCUT2D eigenvalue weighted by molar-refractivity contribution is -0.385. The van der Waals surface area contributed by atoms with E-state index in [1.165, 1.54) is 24.3 Å². The van der Waals surface area contributed by atoms with Gasteiger partial charge in [0.05, 0.1) is 29.4 Å². The number of aromatic nitrogens is 4. The Bertz CT molecular complexity index is 1410. The first-order valence-corrected chi connectivity index (χ1v) is 11.6. The van der Waals surface area contributed by atoms with Crippen LogP contribution in [-0.2, 0) is 18.4 Å². The van der Waals surface area contributed by atoms with Crippen LogP contribution in [-0.4, -0.2) is 42.6 Å². The van der Waals surface area contributed by atoms with Crippen molar-refractivity contribution in [2.24, 2.45) is 0 Å². The first kappa shape index (κ1) is 25.5. The number of non-ortho nitro benzene ring substituents is 2. The molecule has 0 aliphatic rings. The van der Waals surface area contributed by atoms with Crippen molar-refractivity contribution in [2.75, 3.05) is 13.2 Å². The van der Waals surface area contributed by atoms with E-state index in [9.17, 15) is 20.2 Å². The molecule has 0 unspecified atom stereocenters. The van der Waals surface area contributed by atoms with Gasteiger partial charge in [0.15, 0.2) is 11.2 Å². The standard InChI is InChI=1S/C25H26N6O6/c1-25(2,3)29-16-26-21-22(29)27-24(37-15-13-18-6-10-20(11-7-18)31(34)35)28-23(21)36-14-12-17-4-8-19(9-5-17)30(32)33/h4-11,16H,12-15H2,1-3H3. The summed E-state index contributed by atoms with van der Waals surface area (Å²) in [6.45, 7) is 6.62. The lowest BCUT2D eigenvalue weighted by atomic mass is 10.1. The zero-order valence-corrected chi connectivity index (χ0v) is 20.7. The molecule has 0 amide bonds. The topological polar surface area (TPSA) is 148 Å². The summed E-state index contributed by atoms with van der Waals surface area (Å²) in [4.78, 5) is 34.3. The summed E-state index contributed by atoms with van der Waals surface area (Å²) >= 11 is 0. The lowest BCUT2D eigenvalue weighted by Crippen LogP contribution is -2.21. The molecule has 2 heterocycles. The number of hydrogen-bond acceptors (Lipinski definition) is 9. The van der Waals surface area contributed by atoms with Crippen LogP contribution < -0.4 is 9.47 Å². The van der Waals surface area contributed by atoms with Crippen LogP contribution in [0.1, 0.15) is 31.9 Å². The van der Waals surface area contributed by atoms with Gasteiger partial charge in [-0.2, -0.15) is 9.97 Å². The largest absolute Gasteiger partial charge is 0.476 e. The zero-order chi connectivity index (χ0) is 26.6. The van der Waals surface area contributed by atoms with Crippen molar-refractivity contribution in [3.63, 3.8) is 0 Å². The minimum atomic E-state index is -0.440. The quantitative estimate of drug-likeness (QED) is 0.221. The first-order chi connectivity index (χ1) is 17.6. The molecule has 0 spiro atoms. The van der Waals surface area contributed by atoms with Gasteiger partial charge in [0.25, 0.3) is 11.4 Å². The number of fused-ring (bicyclic) bond motifs is 1. The molecular weight excluding hydrogens is 480 g/mol. The Morgan fingerprint density at radius 3 is 1.81 bits per heavy atom. The Morgan fingerprint density at radius 2 is 1.32 bits per heavy atom.